The molecule has 0 spiro atoms. The number of rotatable bonds is 7. The van der Waals surface area contributed by atoms with E-state index in [1.165, 1.54) is 4.31 Å². The number of hydrogen-bond donors (Lipinski definition) is 3. The highest BCUT2D eigenvalue weighted by Gasteiger charge is 2.28. The maximum atomic E-state index is 12.3. The Morgan fingerprint density at radius 3 is 3.00 bits per heavy atom. The van der Waals surface area contributed by atoms with Crippen molar-refractivity contribution in [3.8, 4) is 0 Å². The second-order valence-corrected chi connectivity index (χ2v) is 7.77. The lowest BCUT2D eigenvalue weighted by molar-refractivity contribution is 0.258. The van der Waals surface area contributed by atoms with Gasteiger partial charge in [0.15, 0.2) is 0 Å². The molecule has 0 bridgehead atoms. The molecular formula is C12H22N4O3S2. The van der Waals surface area contributed by atoms with Crippen molar-refractivity contribution in [1.82, 2.24) is 19.3 Å². The molecule has 7 nitrogen and oxygen atoms in total. The fourth-order valence-electron chi connectivity index (χ4n) is 2.42. The first-order valence-electron chi connectivity index (χ1n) is 7.13. The number of piperidine rings is 1. The summed E-state index contributed by atoms with van der Waals surface area (Å²) in [5, 5.41) is 4.90. The van der Waals surface area contributed by atoms with E-state index in [4.69, 9.17) is 0 Å². The number of aromatic amines is 1. The maximum Gasteiger partial charge on any atom is 0.304 e. The van der Waals surface area contributed by atoms with Gasteiger partial charge in [0.2, 0.25) is 0 Å². The Balaban J connectivity index is 1.90. The Morgan fingerprint density at radius 2 is 2.33 bits per heavy atom. The van der Waals surface area contributed by atoms with E-state index >= 15 is 0 Å². The van der Waals surface area contributed by atoms with Crippen LogP contribution in [0.5, 0.6) is 0 Å². The summed E-state index contributed by atoms with van der Waals surface area (Å²) in [6.07, 6.45) is 1.93. The van der Waals surface area contributed by atoms with Crippen LogP contribution in [0.15, 0.2) is 10.2 Å². The summed E-state index contributed by atoms with van der Waals surface area (Å²) >= 11 is 1.03. The molecule has 2 rings (SSSR count). The predicted molar refractivity (Wildman–Crippen MR) is 83.5 cm³/mol. The average Bonchev–Trinajstić information content (AvgIpc) is 2.89. The first kappa shape index (κ1) is 16.6. The maximum absolute atomic E-state index is 12.3. The molecular weight excluding hydrogens is 312 g/mol. The molecule has 1 fully saturated rings. The summed E-state index contributed by atoms with van der Waals surface area (Å²) in [6, 6.07) is 0. The summed E-state index contributed by atoms with van der Waals surface area (Å²) in [7, 11) is -3.49. The van der Waals surface area contributed by atoms with E-state index in [0.29, 0.717) is 24.7 Å². The van der Waals surface area contributed by atoms with E-state index in [0.717, 1.165) is 37.3 Å². The molecule has 1 aliphatic heterocycles. The molecule has 3 N–H and O–H groups in total. The molecule has 1 aromatic rings. The van der Waals surface area contributed by atoms with Gasteiger partial charge in [0.05, 0.1) is 6.54 Å². The molecule has 9 heteroatoms. The lowest BCUT2D eigenvalue weighted by Crippen LogP contribution is -2.47. The number of thiazole rings is 1. The van der Waals surface area contributed by atoms with Crippen molar-refractivity contribution in [2.24, 2.45) is 5.92 Å². The van der Waals surface area contributed by atoms with Crippen LogP contribution in [0.2, 0.25) is 0 Å². The summed E-state index contributed by atoms with van der Waals surface area (Å²) in [6.45, 7) is 5.00. The molecule has 2 heterocycles. The van der Waals surface area contributed by atoms with Crippen LogP contribution in [0, 0.1) is 5.92 Å². The zero-order chi connectivity index (χ0) is 15.3. The highest BCUT2D eigenvalue weighted by molar-refractivity contribution is 7.87. The third-order valence-electron chi connectivity index (χ3n) is 3.52. The molecule has 0 aliphatic carbocycles. The van der Waals surface area contributed by atoms with Gasteiger partial charge in [-0.25, -0.2) is 0 Å². The highest BCUT2D eigenvalue weighted by atomic mass is 32.2. The van der Waals surface area contributed by atoms with Gasteiger partial charge >= 0.3 is 4.87 Å². The van der Waals surface area contributed by atoms with Crippen LogP contribution in [0.1, 0.15) is 25.5 Å². The minimum Gasteiger partial charge on any atom is -0.317 e. The molecule has 1 aliphatic rings. The zero-order valence-electron chi connectivity index (χ0n) is 12.1. The third-order valence-corrected chi connectivity index (χ3v) is 5.76. The molecule has 1 saturated heterocycles. The third kappa shape index (κ3) is 4.89. The van der Waals surface area contributed by atoms with Gasteiger partial charge in [-0.1, -0.05) is 18.3 Å². The minimum atomic E-state index is -3.49. The molecule has 120 valence electrons. The number of H-pyrrole nitrogens is 1. The lowest BCUT2D eigenvalue weighted by Gasteiger charge is -2.31. The molecule has 21 heavy (non-hydrogen) atoms. The normalized spacial score (nSPS) is 20.7. The van der Waals surface area contributed by atoms with E-state index < -0.39 is 10.2 Å². The Hall–Kier alpha value is -0.740. The lowest BCUT2D eigenvalue weighted by atomic mass is 10.00. The van der Waals surface area contributed by atoms with Gasteiger partial charge in [0.25, 0.3) is 10.2 Å². The van der Waals surface area contributed by atoms with Crippen LogP contribution in [-0.2, 0) is 16.8 Å². The van der Waals surface area contributed by atoms with Crippen molar-refractivity contribution in [2.75, 3.05) is 26.2 Å². The second-order valence-electron chi connectivity index (χ2n) is 5.17. The summed E-state index contributed by atoms with van der Waals surface area (Å²) in [5.41, 5.74) is 0.592. The van der Waals surface area contributed by atoms with Crippen LogP contribution < -0.4 is 14.9 Å². The Bertz CT molecular complexity index is 596. The number of aromatic nitrogens is 1. The Kier molecular flexibility index (Phi) is 5.94. The minimum absolute atomic E-state index is 0.120. The largest absolute Gasteiger partial charge is 0.317 e. The second kappa shape index (κ2) is 7.50. The van der Waals surface area contributed by atoms with Crippen LogP contribution >= 0.6 is 11.3 Å². The fourth-order valence-corrected chi connectivity index (χ4v) is 4.30. The smallest absolute Gasteiger partial charge is 0.304 e. The average molecular weight is 334 g/mol. The van der Waals surface area contributed by atoms with Crippen molar-refractivity contribution in [3.05, 3.63) is 20.7 Å². The molecule has 0 radical (unpaired) electrons. The zero-order valence-corrected chi connectivity index (χ0v) is 13.7. The number of nitrogens with one attached hydrogen (secondary N) is 3. The van der Waals surface area contributed by atoms with Crippen LogP contribution in [0.4, 0.5) is 0 Å². The number of hydrogen-bond acceptors (Lipinski definition) is 5. The van der Waals surface area contributed by atoms with E-state index in [1.807, 2.05) is 6.92 Å². The fraction of sp³-hybridized carbons (Fsp3) is 0.750. The van der Waals surface area contributed by atoms with Gasteiger partial charge in [-0.3, -0.25) is 4.79 Å². The van der Waals surface area contributed by atoms with Crippen molar-refractivity contribution in [2.45, 2.75) is 26.3 Å². The van der Waals surface area contributed by atoms with Gasteiger partial charge in [-0.05, 0) is 31.8 Å². The Morgan fingerprint density at radius 1 is 1.52 bits per heavy atom. The van der Waals surface area contributed by atoms with E-state index in [-0.39, 0.29) is 11.4 Å². The molecule has 0 amide bonds. The Labute approximate surface area is 128 Å². The van der Waals surface area contributed by atoms with Gasteiger partial charge < -0.3 is 10.3 Å². The summed E-state index contributed by atoms with van der Waals surface area (Å²) < 4.78 is 28.6. The van der Waals surface area contributed by atoms with E-state index in [2.05, 4.69) is 15.0 Å². The first-order chi connectivity index (χ1) is 10.0. The summed E-state index contributed by atoms with van der Waals surface area (Å²) in [4.78, 5) is 13.5. The standard InChI is InChI=1S/C12H22N4O3S2/c1-2-13-6-10-4-3-5-16(8-10)21(18,19)14-7-11-9-20-12(17)15-11/h9-10,13-14H,2-8H2,1H3,(H,15,17). The van der Waals surface area contributed by atoms with Crippen LogP contribution in [0.3, 0.4) is 0 Å². The highest BCUT2D eigenvalue weighted by Crippen LogP contribution is 2.18. The molecule has 0 aromatic carbocycles. The van der Waals surface area contributed by atoms with Crippen LogP contribution in [-0.4, -0.2) is 43.9 Å². The quantitative estimate of drug-likeness (QED) is 0.659. The van der Waals surface area contributed by atoms with Crippen molar-refractivity contribution in [3.63, 3.8) is 0 Å². The topological polar surface area (TPSA) is 94.3 Å². The van der Waals surface area contributed by atoms with Crippen molar-refractivity contribution < 1.29 is 8.42 Å². The molecule has 1 aromatic heterocycles. The van der Waals surface area contributed by atoms with Crippen molar-refractivity contribution >= 4 is 21.5 Å². The monoisotopic (exact) mass is 334 g/mol. The first-order valence-corrected chi connectivity index (χ1v) is 9.45. The van der Waals surface area contributed by atoms with Gasteiger partial charge in [-0.15, -0.1) is 0 Å². The van der Waals surface area contributed by atoms with Crippen LogP contribution in [0.25, 0.3) is 0 Å². The van der Waals surface area contributed by atoms with Gasteiger partial charge in [-0.2, -0.15) is 17.4 Å². The van der Waals surface area contributed by atoms with Gasteiger partial charge in [0, 0.05) is 24.2 Å². The van der Waals surface area contributed by atoms with Crippen molar-refractivity contribution in [1.29, 1.82) is 0 Å². The van der Waals surface area contributed by atoms with Gasteiger partial charge in [0.1, 0.15) is 0 Å². The molecule has 0 saturated carbocycles. The van der Waals surface area contributed by atoms with E-state index in [1.54, 1.807) is 5.38 Å². The molecule has 1 unspecified atom stereocenters. The predicted octanol–water partition coefficient (Wildman–Crippen LogP) is 0.0923. The number of nitrogens with zero attached hydrogens (tertiary/aromatic N) is 1. The van der Waals surface area contributed by atoms with E-state index in [9.17, 15) is 13.2 Å². The molecule has 1 atom stereocenters. The SMILES string of the molecule is CCNCC1CCCN(S(=O)(=O)NCc2csc(=O)[nH]2)C1. The summed E-state index contributed by atoms with van der Waals surface area (Å²) in [5.74, 6) is 0.358.